The van der Waals surface area contributed by atoms with Crippen LogP contribution in [0.3, 0.4) is 0 Å². The molecule has 0 radical (unpaired) electrons. The van der Waals surface area contributed by atoms with Crippen LogP contribution in [0, 0.1) is 11.8 Å². The maximum Gasteiger partial charge on any atom is 0.417 e. The Morgan fingerprint density at radius 1 is 1.22 bits per heavy atom. The first-order valence-corrected chi connectivity index (χ1v) is 13.5. The quantitative estimate of drug-likeness (QED) is 0.294. The number of nitrogens with one attached hydrogen (secondary N) is 3. The maximum absolute atomic E-state index is 13.1. The number of aliphatic hydroxyl groups is 1. The summed E-state index contributed by atoms with van der Waals surface area (Å²) in [5.74, 6) is -1.37. The predicted molar refractivity (Wildman–Crippen MR) is 137 cm³/mol. The van der Waals surface area contributed by atoms with Crippen molar-refractivity contribution >= 4 is 35.6 Å². The molecule has 0 aromatic heterocycles. The van der Waals surface area contributed by atoms with Crippen LogP contribution in [0.25, 0.3) is 0 Å². The second-order valence-electron chi connectivity index (χ2n) is 10.1. The van der Waals surface area contributed by atoms with Gasteiger partial charge in [-0.05, 0) is 62.0 Å². The topological polar surface area (TPSA) is 134 Å². The molecule has 2 aliphatic rings. The first-order valence-electron chi connectivity index (χ1n) is 12.6. The largest absolute Gasteiger partial charge is 0.442 e. The molecule has 0 bridgehead atoms. The van der Waals surface area contributed by atoms with Gasteiger partial charge < -0.3 is 20.5 Å². The molecule has 3 rings (SSSR count). The molecular formula is C26H37N3O6S. The molecule has 1 aliphatic heterocycles. The van der Waals surface area contributed by atoms with Crippen LogP contribution in [0.4, 0.5) is 4.79 Å². The van der Waals surface area contributed by atoms with Gasteiger partial charge in [0.15, 0.2) is 5.78 Å². The van der Waals surface area contributed by atoms with Crippen molar-refractivity contribution < 1.29 is 29.0 Å². The molecule has 1 heterocycles. The van der Waals surface area contributed by atoms with Crippen molar-refractivity contribution in [2.24, 2.45) is 11.8 Å². The summed E-state index contributed by atoms with van der Waals surface area (Å²) in [4.78, 5) is 50.1. The summed E-state index contributed by atoms with van der Waals surface area (Å²) >= 11 is 0.963. The molecule has 2 fully saturated rings. The van der Waals surface area contributed by atoms with Gasteiger partial charge in [-0.3, -0.25) is 19.1 Å². The number of aliphatic hydroxyl groups excluding tert-OH is 1. The fourth-order valence-corrected chi connectivity index (χ4v) is 5.56. The number of Topliss-reactive ketones (excluding diaryl/α,β-unsaturated/α-hetero) is 1. The van der Waals surface area contributed by atoms with Crippen LogP contribution in [-0.2, 0) is 25.5 Å². The van der Waals surface area contributed by atoms with E-state index in [0.29, 0.717) is 25.8 Å². The van der Waals surface area contributed by atoms with Crippen LogP contribution < -0.4 is 15.4 Å². The number of hydrogen-bond donors (Lipinski definition) is 4. The second kappa shape index (κ2) is 13.1. The van der Waals surface area contributed by atoms with E-state index < -0.39 is 47.2 Å². The third-order valence-corrected chi connectivity index (χ3v) is 7.73. The molecule has 1 saturated carbocycles. The molecule has 10 heteroatoms. The zero-order chi connectivity index (χ0) is 26.1. The summed E-state index contributed by atoms with van der Waals surface area (Å²) in [5, 5.41) is 14.1. The van der Waals surface area contributed by atoms with Crippen molar-refractivity contribution in [3.63, 3.8) is 0 Å². The molecular weight excluding hydrogens is 482 g/mol. The zero-order valence-electron chi connectivity index (χ0n) is 21.0. The van der Waals surface area contributed by atoms with E-state index in [1.54, 1.807) is 0 Å². The van der Waals surface area contributed by atoms with Gasteiger partial charge in [0.05, 0.1) is 6.04 Å². The highest BCUT2D eigenvalue weighted by Crippen LogP contribution is 2.39. The average molecular weight is 520 g/mol. The van der Waals surface area contributed by atoms with Crippen LogP contribution in [0.1, 0.15) is 57.9 Å². The number of ketones is 1. The van der Waals surface area contributed by atoms with Gasteiger partial charge in [-0.1, -0.05) is 44.2 Å². The smallest absolute Gasteiger partial charge is 0.417 e. The zero-order valence-corrected chi connectivity index (χ0v) is 21.8. The minimum Gasteiger partial charge on any atom is -0.442 e. The Bertz CT molecular complexity index is 922. The van der Waals surface area contributed by atoms with Crippen LogP contribution in [0.15, 0.2) is 30.3 Å². The highest BCUT2D eigenvalue weighted by molar-refractivity contribution is 7.99. The third-order valence-electron chi connectivity index (χ3n) is 6.75. The fourth-order valence-electron chi connectivity index (χ4n) is 4.63. The Labute approximate surface area is 216 Å². The van der Waals surface area contributed by atoms with Crippen molar-refractivity contribution in [1.82, 2.24) is 15.4 Å². The van der Waals surface area contributed by atoms with Gasteiger partial charge in [0.2, 0.25) is 11.8 Å². The van der Waals surface area contributed by atoms with Crippen molar-refractivity contribution in [3.8, 4) is 0 Å². The standard InChI is InChI=1S/C26H37N3O6S/c1-17(2)13-22(24(33)28-20(21(31)16-30)14-19-9-12-27-23(19)32)36-29-25(34)35-26(10-6-11-26)15-18-7-4-3-5-8-18/h3-5,7-8,17,19-20,22,30H,6,9-16H2,1-2H3,(H,27,32)(H,28,33)(H,29,34)/t19-,20-,22-/m0/s1. The van der Waals surface area contributed by atoms with Crippen LogP contribution in [0.2, 0.25) is 0 Å². The van der Waals surface area contributed by atoms with Gasteiger partial charge >= 0.3 is 6.09 Å². The Balaban J connectivity index is 1.58. The SMILES string of the molecule is CC(C)C[C@H](SNC(=O)OC1(Cc2ccccc2)CCC1)C(=O)N[C@@H](C[C@@H]1CCNC1=O)C(=O)CO. The van der Waals surface area contributed by atoms with E-state index >= 15 is 0 Å². The number of carbonyl (C=O) groups excluding carboxylic acids is 4. The monoisotopic (exact) mass is 519 g/mol. The molecule has 198 valence electrons. The van der Waals surface area contributed by atoms with E-state index in [1.807, 2.05) is 44.2 Å². The van der Waals surface area contributed by atoms with E-state index in [-0.39, 0.29) is 18.2 Å². The molecule has 4 N–H and O–H groups in total. The number of rotatable bonds is 13. The Morgan fingerprint density at radius 2 is 1.94 bits per heavy atom. The molecule has 1 aliphatic carbocycles. The normalized spacial score (nSPS) is 20.1. The summed E-state index contributed by atoms with van der Waals surface area (Å²) in [6.07, 6.45) is 3.77. The number of ether oxygens (including phenoxy) is 1. The molecule has 0 unspecified atom stereocenters. The van der Waals surface area contributed by atoms with Gasteiger partial charge in [0.1, 0.15) is 17.5 Å². The van der Waals surface area contributed by atoms with Crippen molar-refractivity contribution in [3.05, 3.63) is 35.9 Å². The summed E-state index contributed by atoms with van der Waals surface area (Å²) in [7, 11) is 0. The van der Waals surface area contributed by atoms with Crippen molar-refractivity contribution in [1.29, 1.82) is 0 Å². The summed E-state index contributed by atoms with van der Waals surface area (Å²) in [6.45, 7) is 3.72. The number of carbonyl (C=O) groups is 4. The summed E-state index contributed by atoms with van der Waals surface area (Å²) < 4.78 is 8.49. The minimum atomic E-state index is -0.970. The summed E-state index contributed by atoms with van der Waals surface area (Å²) in [6, 6.07) is 8.92. The first kappa shape index (κ1) is 28.0. The fraction of sp³-hybridized carbons (Fsp3) is 0.615. The Morgan fingerprint density at radius 3 is 2.50 bits per heavy atom. The highest BCUT2D eigenvalue weighted by Gasteiger charge is 2.41. The second-order valence-corrected chi connectivity index (χ2v) is 11.1. The van der Waals surface area contributed by atoms with Gasteiger partial charge in [-0.25, -0.2) is 4.79 Å². The highest BCUT2D eigenvalue weighted by atomic mass is 32.2. The van der Waals surface area contributed by atoms with Crippen molar-refractivity contribution in [2.75, 3.05) is 13.2 Å². The Kier molecular flexibility index (Phi) is 10.2. The van der Waals surface area contributed by atoms with Gasteiger partial charge in [0, 0.05) is 18.9 Å². The average Bonchev–Trinajstić information content (AvgIpc) is 3.23. The van der Waals surface area contributed by atoms with E-state index in [0.717, 1.165) is 36.8 Å². The lowest BCUT2D eigenvalue weighted by Gasteiger charge is -2.41. The van der Waals surface area contributed by atoms with E-state index in [4.69, 9.17) is 4.74 Å². The van der Waals surface area contributed by atoms with E-state index in [2.05, 4.69) is 15.4 Å². The number of benzene rings is 1. The maximum atomic E-state index is 13.1. The molecule has 0 spiro atoms. The number of amides is 3. The van der Waals surface area contributed by atoms with Crippen molar-refractivity contribution in [2.45, 2.75) is 75.7 Å². The first-order chi connectivity index (χ1) is 17.2. The van der Waals surface area contributed by atoms with E-state index in [1.165, 1.54) is 0 Å². The molecule has 3 atom stereocenters. The summed E-state index contributed by atoms with van der Waals surface area (Å²) in [5.41, 5.74) is 0.563. The van der Waals surface area contributed by atoms with E-state index in [9.17, 15) is 24.3 Å². The van der Waals surface area contributed by atoms with Crippen LogP contribution >= 0.6 is 11.9 Å². The van der Waals surface area contributed by atoms with Gasteiger partial charge in [-0.15, -0.1) is 0 Å². The predicted octanol–water partition coefficient (Wildman–Crippen LogP) is 2.51. The molecule has 1 aromatic carbocycles. The lowest BCUT2D eigenvalue weighted by molar-refractivity contribution is -0.130. The third kappa shape index (κ3) is 7.96. The van der Waals surface area contributed by atoms with Gasteiger partial charge in [0.25, 0.3) is 0 Å². The molecule has 1 saturated heterocycles. The Hall–Kier alpha value is -2.59. The van der Waals surface area contributed by atoms with Crippen LogP contribution in [-0.4, -0.2) is 58.8 Å². The number of hydrogen-bond acceptors (Lipinski definition) is 7. The lowest BCUT2D eigenvalue weighted by atomic mass is 9.76. The molecule has 3 amide bonds. The minimum absolute atomic E-state index is 0.132. The lowest BCUT2D eigenvalue weighted by Crippen LogP contribution is -2.48. The molecule has 1 aromatic rings. The molecule has 9 nitrogen and oxygen atoms in total. The van der Waals surface area contributed by atoms with Crippen LogP contribution in [0.5, 0.6) is 0 Å². The molecule has 36 heavy (non-hydrogen) atoms. The van der Waals surface area contributed by atoms with Gasteiger partial charge in [-0.2, -0.15) is 0 Å².